The van der Waals surface area contributed by atoms with Gasteiger partial charge in [0.25, 0.3) is 0 Å². The van der Waals surface area contributed by atoms with E-state index in [9.17, 15) is 0 Å². The minimum Gasteiger partial charge on any atom is -0.266 e. The summed E-state index contributed by atoms with van der Waals surface area (Å²) in [7, 11) is 2.15. The van der Waals surface area contributed by atoms with Crippen molar-refractivity contribution in [3.05, 3.63) is 6.92 Å². The Morgan fingerprint density at radius 1 is 1.29 bits per heavy atom. The van der Waals surface area contributed by atoms with Crippen molar-refractivity contribution in [2.75, 3.05) is 13.6 Å². The van der Waals surface area contributed by atoms with Gasteiger partial charge in [-0.25, -0.2) is 0 Å². The Balaban J connectivity index is 3.88. The number of hydrogen-bond donors (Lipinski definition) is 0. The van der Waals surface area contributed by atoms with Crippen molar-refractivity contribution in [2.45, 2.75) is 53.5 Å². The topological polar surface area (TPSA) is 3.24 Å². The number of nitrogens with zero attached hydrogens (tertiary/aromatic N) is 1. The molecule has 14 heavy (non-hydrogen) atoms. The van der Waals surface area contributed by atoms with Crippen LogP contribution in [0.15, 0.2) is 0 Å². The van der Waals surface area contributed by atoms with Crippen molar-refractivity contribution in [2.24, 2.45) is 11.3 Å². The molecule has 0 aromatic carbocycles. The Morgan fingerprint density at radius 2 is 1.79 bits per heavy atom. The fraction of sp³-hybridized carbons (Fsp3) is 0.923. The van der Waals surface area contributed by atoms with Crippen LogP contribution >= 0.6 is 0 Å². The van der Waals surface area contributed by atoms with Crippen molar-refractivity contribution < 1.29 is 0 Å². The Morgan fingerprint density at radius 3 is 2.14 bits per heavy atom. The fourth-order valence-corrected chi connectivity index (χ4v) is 2.03. The molecule has 0 aliphatic rings. The zero-order valence-electron chi connectivity index (χ0n) is 10.9. The Bertz CT molecular complexity index is 146. The summed E-state index contributed by atoms with van der Waals surface area (Å²) in [6.07, 6.45) is 2.50. The molecule has 0 fully saturated rings. The van der Waals surface area contributed by atoms with Crippen molar-refractivity contribution in [1.29, 1.82) is 0 Å². The molecule has 0 amide bonds. The predicted molar refractivity (Wildman–Crippen MR) is 65.3 cm³/mol. The van der Waals surface area contributed by atoms with E-state index in [4.69, 9.17) is 0 Å². The lowest BCUT2D eigenvalue weighted by molar-refractivity contribution is 0.222. The van der Waals surface area contributed by atoms with Crippen LogP contribution in [0.25, 0.3) is 0 Å². The highest BCUT2D eigenvalue weighted by Gasteiger charge is 2.21. The van der Waals surface area contributed by atoms with Gasteiger partial charge < -0.3 is 0 Å². The van der Waals surface area contributed by atoms with Gasteiger partial charge in [-0.1, -0.05) is 34.6 Å². The van der Waals surface area contributed by atoms with Crippen LogP contribution in [0.1, 0.15) is 47.5 Å². The van der Waals surface area contributed by atoms with Gasteiger partial charge in [-0.15, -0.1) is 0 Å². The molecule has 0 aromatic heterocycles. The van der Waals surface area contributed by atoms with E-state index in [1.165, 1.54) is 12.8 Å². The lowest BCUT2D eigenvalue weighted by atomic mass is 9.83. The molecule has 0 aromatic rings. The largest absolute Gasteiger partial charge is 0.266 e. The van der Waals surface area contributed by atoms with E-state index >= 15 is 0 Å². The minimum atomic E-state index is 0.448. The van der Waals surface area contributed by atoms with E-state index in [0.29, 0.717) is 11.5 Å². The minimum absolute atomic E-state index is 0.448. The lowest BCUT2D eigenvalue weighted by Crippen LogP contribution is -2.31. The van der Waals surface area contributed by atoms with Crippen LogP contribution in [0.3, 0.4) is 0 Å². The summed E-state index contributed by atoms with van der Waals surface area (Å²) in [5.74, 6) is 0.770. The average Bonchev–Trinajstić information content (AvgIpc) is 1.99. The van der Waals surface area contributed by atoms with E-state index in [0.717, 1.165) is 12.5 Å². The first-order valence-electron chi connectivity index (χ1n) is 5.79. The Kier molecular flexibility index (Phi) is 5.58. The van der Waals surface area contributed by atoms with Gasteiger partial charge in [0.05, 0.1) is 6.92 Å². The SMILES string of the molecule is [CH2+]C(CC(C)CC(C)(C)C)N(C)CC. The molecule has 1 heteroatoms. The lowest BCUT2D eigenvalue weighted by Gasteiger charge is -2.26. The molecule has 0 rings (SSSR count). The average molecular weight is 198 g/mol. The van der Waals surface area contributed by atoms with Crippen LogP contribution in [0, 0.1) is 18.3 Å². The molecule has 0 aliphatic heterocycles. The molecule has 0 saturated heterocycles. The number of hydrogen-bond acceptors (Lipinski definition) is 1. The second-order valence-electron chi connectivity index (χ2n) is 5.83. The molecular weight excluding hydrogens is 170 g/mol. The number of rotatable bonds is 5. The van der Waals surface area contributed by atoms with Crippen LogP contribution in [0.5, 0.6) is 0 Å². The molecule has 2 atom stereocenters. The molecule has 0 bridgehead atoms. The third-order valence-electron chi connectivity index (χ3n) is 2.76. The Hall–Kier alpha value is -0.170. The van der Waals surface area contributed by atoms with Crippen LogP contribution in [-0.4, -0.2) is 24.5 Å². The van der Waals surface area contributed by atoms with E-state index in [-0.39, 0.29) is 0 Å². The quantitative estimate of drug-likeness (QED) is 0.610. The van der Waals surface area contributed by atoms with Gasteiger partial charge in [0.1, 0.15) is 6.04 Å². The maximum atomic E-state index is 4.20. The zero-order chi connectivity index (χ0) is 11.4. The Labute approximate surface area is 90.9 Å². The van der Waals surface area contributed by atoms with Crippen LogP contribution in [0.2, 0.25) is 0 Å². The fourth-order valence-electron chi connectivity index (χ4n) is 2.03. The molecule has 1 nitrogen and oxygen atoms in total. The second kappa shape index (κ2) is 5.65. The summed E-state index contributed by atoms with van der Waals surface area (Å²) in [6.45, 7) is 16.8. The first-order valence-corrected chi connectivity index (χ1v) is 5.79. The molecule has 0 aliphatic carbocycles. The van der Waals surface area contributed by atoms with E-state index < -0.39 is 0 Å². The van der Waals surface area contributed by atoms with Gasteiger partial charge in [0, 0.05) is 6.42 Å². The highest BCUT2D eigenvalue weighted by atomic mass is 15.1. The molecule has 0 saturated carbocycles. The van der Waals surface area contributed by atoms with E-state index in [2.05, 4.69) is 53.5 Å². The molecule has 0 radical (unpaired) electrons. The van der Waals surface area contributed by atoms with Gasteiger partial charge in [-0.3, -0.25) is 4.90 Å². The maximum absolute atomic E-state index is 4.20. The van der Waals surface area contributed by atoms with E-state index in [1.807, 2.05) is 0 Å². The standard InChI is InChI=1S/C13H28N/c1-8-14(7)12(3)9-11(2)10-13(4,5)6/h11-12H,3,8-10H2,1-2,4-7H3/q+1. The summed E-state index contributed by atoms with van der Waals surface area (Å²) in [6, 6.07) is 0.470. The van der Waals surface area contributed by atoms with Gasteiger partial charge in [-0.2, -0.15) is 0 Å². The second-order valence-corrected chi connectivity index (χ2v) is 5.83. The normalized spacial score (nSPS) is 17.1. The summed E-state index contributed by atoms with van der Waals surface area (Å²) in [5.41, 5.74) is 0.448. The van der Waals surface area contributed by atoms with Crippen LogP contribution in [0.4, 0.5) is 0 Å². The van der Waals surface area contributed by atoms with E-state index in [1.54, 1.807) is 0 Å². The van der Waals surface area contributed by atoms with Crippen molar-refractivity contribution in [3.63, 3.8) is 0 Å². The third kappa shape index (κ3) is 6.31. The first-order chi connectivity index (χ1) is 6.26. The van der Waals surface area contributed by atoms with Gasteiger partial charge in [-0.05, 0) is 31.3 Å². The molecule has 0 spiro atoms. The third-order valence-corrected chi connectivity index (χ3v) is 2.76. The monoisotopic (exact) mass is 198 g/mol. The summed E-state index contributed by atoms with van der Waals surface area (Å²) < 4.78 is 0. The predicted octanol–water partition coefficient (Wildman–Crippen LogP) is 3.60. The zero-order valence-corrected chi connectivity index (χ0v) is 10.9. The molecule has 0 heterocycles. The van der Waals surface area contributed by atoms with Crippen LogP contribution < -0.4 is 0 Å². The molecule has 84 valence electrons. The van der Waals surface area contributed by atoms with Gasteiger partial charge >= 0.3 is 0 Å². The van der Waals surface area contributed by atoms with Crippen molar-refractivity contribution >= 4 is 0 Å². The summed E-state index contributed by atoms with van der Waals surface area (Å²) in [4.78, 5) is 2.32. The van der Waals surface area contributed by atoms with Gasteiger partial charge in [0.15, 0.2) is 0 Å². The van der Waals surface area contributed by atoms with Gasteiger partial charge in [0.2, 0.25) is 0 Å². The highest BCUT2D eigenvalue weighted by Crippen LogP contribution is 2.27. The van der Waals surface area contributed by atoms with Crippen molar-refractivity contribution in [3.8, 4) is 0 Å². The molecular formula is C13H28N+. The van der Waals surface area contributed by atoms with Crippen LogP contribution in [-0.2, 0) is 0 Å². The summed E-state index contributed by atoms with van der Waals surface area (Å²) >= 11 is 0. The first kappa shape index (κ1) is 13.8. The molecule has 2 unspecified atom stereocenters. The summed E-state index contributed by atoms with van der Waals surface area (Å²) in [5, 5.41) is 0. The maximum Gasteiger partial charge on any atom is 0.149 e. The highest BCUT2D eigenvalue weighted by molar-refractivity contribution is 4.75. The molecule has 0 N–H and O–H groups in total. The van der Waals surface area contributed by atoms with Crippen molar-refractivity contribution in [1.82, 2.24) is 4.90 Å². The smallest absolute Gasteiger partial charge is 0.149 e.